The van der Waals surface area contributed by atoms with E-state index in [1.807, 2.05) is 25.1 Å². The Bertz CT molecular complexity index is 474. The Morgan fingerprint density at radius 2 is 1.90 bits per heavy atom. The molecule has 0 unspecified atom stereocenters. The first kappa shape index (κ1) is 15.5. The summed E-state index contributed by atoms with van der Waals surface area (Å²) in [7, 11) is 1.67. The van der Waals surface area contributed by atoms with Gasteiger partial charge in [-0.1, -0.05) is 49.4 Å². The lowest BCUT2D eigenvalue weighted by atomic mass is 9.86. The van der Waals surface area contributed by atoms with Gasteiger partial charge in [0.25, 0.3) is 0 Å². The van der Waals surface area contributed by atoms with Crippen molar-refractivity contribution in [1.82, 2.24) is 0 Å². The van der Waals surface area contributed by atoms with Crippen LogP contribution in [0.2, 0.25) is 5.02 Å². The number of methoxy groups -OCH3 is 1. The van der Waals surface area contributed by atoms with Crippen LogP contribution in [0.3, 0.4) is 0 Å². The highest BCUT2D eigenvalue weighted by atomic mass is 35.5. The van der Waals surface area contributed by atoms with E-state index >= 15 is 0 Å². The second-order valence-corrected chi connectivity index (χ2v) is 6.21. The predicted octanol–water partition coefficient (Wildman–Crippen LogP) is 4.50. The molecule has 0 N–H and O–H groups in total. The van der Waals surface area contributed by atoms with Gasteiger partial charge in [0.2, 0.25) is 0 Å². The van der Waals surface area contributed by atoms with Crippen molar-refractivity contribution < 1.29 is 9.53 Å². The van der Waals surface area contributed by atoms with Crippen molar-refractivity contribution in [2.24, 2.45) is 0 Å². The molecule has 0 radical (unpaired) electrons. The van der Waals surface area contributed by atoms with E-state index < -0.39 is 5.60 Å². The van der Waals surface area contributed by atoms with Crippen molar-refractivity contribution in [1.29, 1.82) is 0 Å². The highest BCUT2D eigenvalue weighted by Crippen LogP contribution is 2.32. The summed E-state index contributed by atoms with van der Waals surface area (Å²) >= 11 is 6.24. The SMILES string of the molecule is COC1(C(=O)Cc2ccc(C)cc2Cl)CCCCCC1. The normalized spacial score (nSPS) is 18.6. The highest BCUT2D eigenvalue weighted by molar-refractivity contribution is 6.31. The van der Waals surface area contributed by atoms with E-state index in [-0.39, 0.29) is 5.78 Å². The summed E-state index contributed by atoms with van der Waals surface area (Å²) in [5, 5.41) is 0.679. The Labute approximate surface area is 126 Å². The van der Waals surface area contributed by atoms with Gasteiger partial charge in [0.1, 0.15) is 5.60 Å². The maximum absolute atomic E-state index is 12.7. The number of carbonyl (C=O) groups excluding carboxylic acids is 1. The van der Waals surface area contributed by atoms with Gasteiger partial charge < -0.3 is 4.74 Å². The molecule has 1 fully saturated rings. The second kappa shape index (κ2) is 6.73. The minimum Gasteiger partial charge on any atom is -0.370 e. The van der Waals surface area contributed by atoms with Crippen LogP contribution in [-0.2, 0) is 16.0 Å². The summed E-state index contributed by atoms with van der Waals surface area (Å²) in [5.41, 5.74) is 1.43. The second-order valence-electron chi connectivity index (χ2n) is 5.81. The average molecular weight is 295 g/mol. The fourth-order valence-electron chi connectivity index (χ4n) is 3.03. The van der Waals surface area contributed by atoms with E-state index in [1.54, 1.807) is 7.11 Å². The first-order valence-electron chi connectivity index (χ1n) is 7.41. The van der Waals surface area contributed by atoms with Crippen molar-refractivity contribution in [3.05, 3.63) is 34.3 Å². The van der Waals surface area contributed by atoms with E-state index in [1.165, 1.54) is 12.8 Å². The lowest BCUT2D eigenvalue weighted by Crippen LogP contribution is -2.41. The highest BCUT2D eigenvalue weighted by Gasteiger charge is 2.38. The third-order valence-electron chi connectivity index (χ3n) is 4.37. The molecule has 0 heterocycles. The molecule has 0 aromatic heterocycles. The third-order valence-corrected chi connectivity index (χ3v) is 4.72. The number of benzene rings is 1. The van der Waals surface area contributed by atoms with Crippen LogP contribution in [0.5, 0.6) is 0 Å². The zero-order valence-corrected chi connectivity index (χ0v) is 13.1. The van der Waals surface area contributed by atoms with Gasteiger partial charge in [-0.2, -0.15) is 0 Å². The van der Waals surface area contributed by atoms with Gasteiger partial charge in [-0.15, -0.1) is 0 Å². The van der Waals surface area contributed by atoms with Gasteiger partial charge in [-0.05, 0) is 37.0 Å². The molecule has 1 aromatic carbocycles. The molecule has 2 rings (SSSR count). The minimum atomic E-state index is -0.593. The van der Waals surface area contributed by atoms with Gasteiger partial charge in [-0.25, -0.2) is 0 Å². The summed E-state index contributed by atoms with van der Waals surface area (Å²) in [5.74, 6) is 0.174. The number of halogens is 1. The maximum atomic E-state index is 12.7. The van der Waals surface area contributed by atoms with E-state index in [0.717, 1.165) is 36.8 Å². The number of ether oxygens (including phenoxy) is 1. The number of hydrogen-bond acceptors (Lipinski definition) is 2. The first-order valence-corrected chi connectivity index (χ1v) is 7.79. The molecular weight excluding hydrogens is 272 g/mol. The average Bonchev–Trinajstić information content (AvgIpc) is 2.68. The van der Waals surface area contributed by atoms with Crippen LogP contribution >= 0.6 is 11.6 Å². The van der Waals surface area contributed by atoms with Crippen molar-refractivity contribution in [2.75, 3.05) is 7.11 Å². The Kier molecular flexibility index (Phi) is 5.22. The van der Waals surface area contributed by atoms with E-state index in [9.17, 15) is 4.79 Å². The molecule has 20 heavy (non-hydrogen) atoms. The molecule has 0 aliphatic heterocycles. The summed E-state index contributed by atoms with van der Waals surface area (Å²) in [6.45, 7) is 2.00. The molecular formula is C17H23ClO2. The molecule has 0 saturated heterocycles. The van der Waals surface area contributed by atoms with Gasteiger partial charge in [0, 0.05) is 18.6 Å². The number of carbonyl (C=O) groups is 1. The van der Waals surface area contributed by atoms with Crippen molar-refractivity contribution >= 4 is 17.4 Å². The van der Waals surface area contributed by atoms with E-state index in [2.05, 4.69) is 0 Å². The Morgan fingerprint density at radius 1 is 1.25 bits per heavy atom. The van der Waals surface area contributed by atoms with Crippen LogP contribution in [0.1, 0.15) is 49.7 Å². The standard InChI is InChI=1S/C17H23ClO2/c1-13-7-8-14(15(18)11-13)12-16(19)17(20-2)9-5-3-4-6-10-17/h7-8,11H,3-6,9-10,12H2,1-2H3. The Hall–Kier alpha value is -0.860. The minimum absolute atomic E-state index is 0.174. The molecule has 0 spiro atoms. The number of Topliss-reactive ketones (excluding diaryl/α,β-unsaturated/α-hetero) is 1. The number of hydrogen-bond donors (Lipinski definition) is 0. The summed E-state index contributed by atoms with van der Waals surface area (Å²) in [6.07, 6.45) is 6.58. The topological polar surface area (TPSA) is 26.3 Å². The number of rotatable bonds is 4. The largest absolute Gasteiger partial charge is 0.370 e. The van der Waals surface area contributed by atoms with Crippen molar-refractivity contribution in [2.45, 2.75) is 57.5 Å². The summed E-state index contributed by atoms with van der Waals surface area (Å²) in [6, 6.07) is 5.87. The van der Waals surface area contributed by atoms with E-state index in [4.69, 9.17) is 16.3 Å². The van der Waals surface area contributed by atoms with Crippen LogP contribution in [0, 0.1) is 6.92 Å². The Balaban J connectivity index is 2.16. The van der Waals surface area contributed by atoms with Gasteiger partial charge in [0.15, 0.2) is 5.78 Å². The molecule has 1 aliphatic carbocycles. The lowest BCUT2D eigenvalue weighted by molar-refractivity contribution is -0.142. The molecule has 1 saturated carbocycles. The lowest BCUT2D eigenvalue weighted by Gasteiger charge is -2.30. The Morgan fingerprint density at radius 3 is 2.45 bits per heavy atom. The molecule has 0 amide bonds. The molecule has 110 valence electrons. The first-order chi connectivity index (χ1) is 9.57. The molecule has 0 atom stereocenters. The number of ketones is 1. The van der Waals surface area contributed by atoms with Crippen LogP contribution in [0.4, 0.5) is 0 Å². The fraction of sp³-hybridized carbons (Fsp3) is 0.588. The fourth-order valence-corrected chi connectivity index (χ4v) is 3.33. The van der Waals surface area contributed by atoms with Crippen LogP contribution in [0.15, 0.2) is 18.2 Å². The molecule has 0 bridgehead atoms. The van der Waals surface area contributed by atoms with Crippen molar-refractivity contribution in [3.8, 4) is 0 Å². The number of aryl methyl sites for hydroxylation is 1. The molecule has 2 nitrogen and oxygen atoms in total. The monoisotopic (exact) mass is 294 g/mol. The van der Waals surface area contributed by atoms with Crippen LogP contribution in [-0.4, -0.2) is 18.5 Å². The van der Waals surface area contributed by atoms with Crippen molar-refractivity contribution in [3.63, 3.8) is 0 Å². The van der Waals surface area contributed by atoms with E-state index in [0.29, 0.717) is 11.4 Å². The van der Waals surface area contributed by atoms with Gasteiger partial charge in [-0.3, -0.25) is 4.79 Å². The van der Waals surface area contributed by atoms with Crippen LogP contribution in [0.25, 0.3) is 0 Å². The molecule has 3 heteroatoms. The molecule has 1 aromatic rings. The summed E-state index contributed by atoms with van der Waals surface area (Å²) in [4.78, 5) is 12.7. The zero-order valence-electron chi connectivity index (χ0n) is 12.4. The summed E-state index contributed by atoms with van der Waals surface area (Å²) < 4.78 is 5.66. The quantitative estimate of drug-likeness (QED) is 0.764. The predicted molar refractivity (Wildman–Crippen MR) is 82.3 cm³/mol. The van der Waals surface area contributed by atoms with Gasteiger partial charge >= 0.3 is 0 Å². The zero-order chi connectivity index (χ0) is 14.6. The van der Waals surface area contributed by atoms with Crippen LogP contribution < -0.4 is 0 Å². The third kappa shape index (κ3) is 3.42. The maximum Gasteiger partial charge on any atom is 0.169 e. The smallest absolute Gasteiger partial charge is 0.169 e. The van der Waals surface area contributed by atoms with Gasteiger partial charge in [0.05, 0.1) is 0 Å². The molecule has 1 aliphatic rings.